The van der Waals surface area contributed by atoms with Crippen LogP contribution in [0.15, 0.2) is 23.1 Å². The molecule has 5 nitrogen and oxygen atoms in total. The zero-order valence-corrected chi connectivity index (χ0v) is 9.77. The summed E-state index contributed by atoms with van der Waals surface area (Å²) in [5, 5.41) is 4.04. The lowest BCUT2D eigenvalue weighted by Crippen LogP contribution is -2.06. The van der Waals surface area contributed by atoms with Crippen molar-refractivity contribution < 1.29 is 0 Å². The molecular formula is C9H10BrN5. The fraction of sp³-hybridized carbons (Fsp3) is 0.222. The number of nitrogens with zero attached hydrogens (tertiary/aromatic N) is 4. The van der Waals surface area contributed by atoms with Gasteiger partial charge in [0.2, 0.25) is 5.95 Å². The summed E-state index contributed by atoms with van der Waals surface area (Å²) in [5.74, 6) is 0.260. The van der Waals surface area contributed by atoms with Crippen LogP contribution in [0.4, 0.5) is 5.95 Å². The van der Waals surface area contributed by atoms with Gasteiger partial charge >= 0.3 is 0 Å². The van der Waals surface area contributed by atoms with Gasteiger partial charge in [0.15, 0.2) is 4.73 Å². The first kappa shape index (κ1) is 10.1. The average Bonchev–Trinajstić information content (AvgIpc) is 2.49. The van der Waals surface area contributed by atoms with Crippen LogP contribution in [-0.4, -0.2) is 19.7 Å². The highest BCUT2D eigenvalue weighted by molar-refractivity contribution is 9.10. The van der Waals surface area contributed by atoms with Crippen molar-refractivity contribution in [2.24, 2.45) is 0 Å². The molecule has 2 rings (SSSR count). The maximum Gasteiger partial charge on any atom is 0.240 e. The van der Waals surface area contributed by atoms with Crippen molar-refractivity contribution in [2.45, 2.75) is 13.5 Å². The minimum Gasteiger partial charge on any atom is -0.366 e. The standard InChI is InChI=1S/C9H10BrN5/c1-6-3-2-4-12-7(6)5-15-8(10)13-9(11)14-15/h2-4H,5H2,1H3,(H2,11,14). The Hall–Kier alpha value is -1.43. The molecule has 78 valence electrons. The topological polar surface area (TPSA) is 69.6 Å². The summed E-state index contributed by atoms with van der Waals surface area (Å²) in [4.78, 5) is 8.23. The second-order valence-corrected chi connectivity index (χ2v) is 3.87. The van der Waals surface area contributed by atoms with Gasteiger partial charge in [0.05, 0.1) is 12.2 Å². The van der Waals surface area contributed by atoms with Crippen LogP contribution in [0.25, 0.3) is 0 Å². The number of nitrogens with two attached hydrogens (primary N) is 1. The van der Waals surface area contributed by atoms with Crippen molar-refractivity contribution in [3.8, 4) is 0 Å². The minimum absolute atomic E-state index is 0.260. The molecule has 0 bridgehead atoms. The number of halogens is 1. The van der Waals surface area contributed by atoms with E-state index >= 15 is 0 Å². The molecule has 2 aromatic heterocycles. The molecule has 0 saturated heterocycles. The smallest absolute Gasteiger partial charge is 0.240 e. The van der Waals surface area contributed by atoms with Gasteiger partial charge < -0.3 is 5.73 Å². The minimum atomic E-state index is 0.260. The summed E-state index contributed by atoms with van der Waals surface area (Å²) < 4.78 is 2.29. The molecule has 15 heavy (non-hydrogen) atoms. The first-order valence-electron chi connectivity index (χ1n) is 4.43. The molecule has 0 aliphatic heterocycles. The Kier molecular flexibility index (Phi) is 2.68. The Bertz CT molecular complexity index is 479. The molecule has 0 unspecified atom stereocenters. The molecule has 2 heterocycles. The molecule has 0 aromatic carbocycles. The predicted molar refractivity (Wildman–Crippen MR) is 60.2 cm³/mol. The maximum absolute atomic E-state index is 5.48. The van der Waals surface area contributed by atoms with Crippen molar-refractivity contribution in [1.29, 1.82) is 0 Å². The van der Waals surface area contributed by atoms with E-state index in [2.05, 4.69) is 31.0 Å². The normalized spacial score (nSPS) is 10.5. The molecule has 0 amide bonds. The van der Waals surface area contributed by atoms with E-state index in [4.69, 9.17) is 5.73 Å². The highest BCUT2D eigenvalue weighted by Gasteiger charge is 2.07. The van der Waals surface area contributed by atoms with Gasteiger partial charge in [0, 0.05) is 6.20 Å². The van der Waals surface area contributed by atoms with Crippen LogP contribution >= 0.6 is 15.9 Å². The van der Waals surface area contributed by atoms with Crippen LogP contribution in [0.1, 0.15) is 11.3 Å². The zero-order chi connectivity index (χ0) is 10.8. The van der Waals surface area contributed by atoms with E-state index in [0.717, 1.165) is 11.3 Å². The molecule has 0 aliphatic rings. The summed E-state index contributed by atoms with van der Waals surface area (Å²) in [6.45, 7) is 2.58. The Balaban J connectivity index is 2.29. The molecule has 0 spiro atoms. The number of hydrogen-bond donors (Lipinski definition) is 1. The van der Waals surface area contributed by atoms with Crippen molar-refractivity contribution in [3.63, 3.8) is 0 Å². The van der Waals surface area contributed by atoms with Gasteiger partial charge in [-0.15, -0.1) is 5.10 Å². The van der Waals surface area contributed by atoms with Crippen LogP contribution in [0.3, 0.4) is 0 Å². The second-order valence-electron chi connectivity index (χ2n) is 3.16. The monoisotopic (exact) mass is 267 g/mol. The van der Waals surface area contributed by atoms with Gasteiger partial charge in [0.25, 0.3) is 0 Å². The third kappa shape index (κ3) is 2.15. The van der Waals surface area contributed by atoms with Gasteiger partial charge in [0.1, 0.15) is 0 Å². The first-order chi connectivity index (χ1) is 7.16. The fourth-order valence-corrected chi connectivity index (χ4v) is 1.65. The van der Waals surface area contributed by atoms with Crippen LogP contribution in [0.5, 0.6) is 0 Å². The summed E-state index contributed by atoms with van der Waals surface area (Å²) in [6, 6.07) is 3.92. The van der Waals surface area contributed by atoms with Gasteiger partial charge in [-0.05, 0) is 34.5 Å². The number of anilines is 1. The van der Waals surface area contributed by atoms with Gasteiger partial charge in [-0.1, -0.05) is 6.07 Å². The molecule has 2 N–H and O–H groups in total. The van der Waals surface area contributed by atoms with Crippen molar-refractivity contribution in [2.75, 3.05) is 5.73 Å². The van der Waals surface area contributed by atoms with E-state index < -0.39 is 0 Å². The highest BCUT2D eigenvalue weighted by Crippen LogP contribution is 2.11. The Morgan fingerprint density at radius 3 is 2.93 bits per heavy atom. The number of rotatable bonds is 2. The van der Waals surface area contributed by atoms with Crippen LogP contribution in [-0.2, 0) is 6.54 Å². The summed E-state index contributed by atoms with van der Waals surface area (Å²) >= 11 is 3.28. The van der Waals surface area contributed by atoms with Crippen molar-refractivity contribution in [3.05, 3.63) is 34.3 Å². The summed E-state index contributed by atoms with van der Waals surface area (Å²) in [6.07, 6.45) is 1.76. The first-order valence-corrected chi connectivity index (χ1v) is 5.22. The third-order valence-corrected chi connectivity index (χ3v) is 2.65. The lowest BCUT2D eigenvalue weighted by atomic mass is 10.2. The van der Waals surface area contributed by atoms with Crippen molar-refractivity contribution in [1.82, 2.24) is 19.7 Å². The third-order valence-electron chi connectivity index (χ3n) is 2.06. The maximum atomic E-state index is 5.48. The molecule has 0 radical (unpaired) electrons. The molecule has 6 heteroatoms. The van der Waals surface area contributed by atoms with E-state index in [1.165, 1.54) is 0 Å². The zero-order valence-electron chi connectivity index (χ0n) is 8.18. The van der Waals surface area contributed by atoms with Crippen LogP contribution in [0.2, 0.25) is 0 Å². The molecule has 0 atom stereocenters. The number of nitrogen functional groups attached to an aromatic ring is 1. The molecule has 2 aromatic rings. The molecule has 0 aliphatic carbocycles. The lowest BCUT2D eigenvalue weighted by molar-refractivity contribution is 0.654. The Morgan fingerprint density at radius 2 is 2.33 bits per heavy atom. The number of pyridine rings is 1. The molecular weight excluding hydrogens is 258 g/mol. The number of aryl methyl sites for hydroxylation is 1. The molecule has 0 fully saturated rings. The lowest BCUT2D eigenvalue weighted by Gasteiger charge is -2.04. The Labute approximate surface area is 95.5 Å². The summed E-state index contributed by atoms with van der Waals surface area (Å²) in [7, 11) is 0. The largest absolute Gasteiger partial charge is 0.366 e. The summed E-state index contributed by atoms with van der Waals surface area (Å²) in [5.41, 5.74) is 7.56. The Morgan fingerprint density at radius 1 is 1.53 bits per heavy atom. The second kappa shape index (κ2) is 3.98. The SMILES string of the molecule is Cc1cccnc1Cn1nc(N)nc1Br. The van der Waals surface area contributed by atoms with Crippen LogP contribution in [0, 0.1) is 6.92 Å². The number of aromatic nitrogens is 4. The van der Waals surface area contributed by atoms with Crippen molar-refractivity contribution >= 4 is 21.9 Å². The van der Waals surface area contributed by atoms with E-state index in [1.807, 2.05) is 19.1 Å². The van der Waals surface area contributed by atoms with E-state index in [0.29, 0.717) is 11.3 Å². The van der Waals surface area contributed by atoms with Crippen LogP contribution < -0.4 is 5.73 Å². The average molecular weight is 268 g/mol. The van der Waals surface area contributed by atoms with Gasteiger partial charge in [-0.3, -0.25) is 4.98 Å². The fourth-order valence-electron chi connectivity index (χ4n) is 1.27. The highest BCUT2D eigenvalue weighted by atomic mass is 79.9. The van der Waals surface area contributed by atoms with E-state index in [-0.39, 0.29) is 5.95 Å². The van der Waals surface area contributed by atoms with E-state index in [1.54, 1.807) is 10.9 Å². The molecule has 0 saturated carbocycles. The van der Waals surface area contributed by atoms with Gasteiger partial charge in [-0.25, -0.2) is 4.68 Å². The van der Waals surface area contributed by atoms with E-state index in [9.17, 15) is 0 Å². The number of hydrogen-bond acceptors (Lipinski definition) is 4. The quantitative estimate of drug-likeness (QED) is 0.893. The predicted octanol–water partition coefficient (Wildman–Crippen LogP) is 1.37. The van der Waals surface area contributed by atoms with Gasteiger partial charge in [-0.2, -0.15) is 4.98 Å².